The van der Waals surface area contributed by atoms with Crippen LogP contribution in [0.5, 0.6) is 5.75 Å². The van der Waals surface area contributed by atoms with Gasteiger partial charge in [-0.3, -0.25) is 0 Å². The van der Waals surface area contributed by atoms with Gasteiger partial charge in [-0.25, -0.2) is 0 Å². The van der Waals surface area contributed by atoms with E-state index in [9.17, 15) is 0 Å². The van der Waals surface area contributed by atoms with Crippen LogP contribution in [-0.4, -0.2) is 38.2 Å². The molecule has 1 heterocycles. The molecule has 1 aromatic carbocycles. The van der Waals surface area contributed by atoms with Gasteiger partial charge in [-0.1, -0.05) is 32.4 Å². The summed E-state index contributed by atoms with van der Waals surface area (Å²) in [6.07, 6.45) is 4.05. The largest absolute Gasteiger partial charge is 0.497 e. The van der Waals surface area contributed by atoms with Crippen molar-refractivity contribution in [2.75, 3.05) is 33.3 Å². The van der Waals surface area contributed by atoms with Gasteiger partial charge >= 0.3 is 0 Å². The fourth-order valence-electron chi connectivity index (χ4n) is 3.21. The number of rotatable bonds is 7. The molecule has 1 saturated heterocycles. The Morgan fingerprint density at radius 3 is 2.38 bits per heavy atom. The molecule has 0 bridgehead atoms. The Kier molecular flexibility index (Phi) is 6.52. The second-order valence-corrected chi connectivity index (χ2v) is 6.04. The lowest BCUT2D eigenvalue weighted by Crippen LogP contribution is -2.40. The SMILES string of the molecule is CCNC(CN1CCC(CC)CC1)c1ccc(OC)cc1. The predicted molar refractivity (Wildman–Crippen MR) is 88.9 cm³/mol. The van der Waals surface area contributed by atoms with Crippen LogP contribution in [0.1, 0.15) is 44.7 Å². The first-order chi connectivity index (χ1) is 10.3. The first-order valence-corrected chi connectivity index (χ1v) is 8.36. The number of hydrogen-bond acceptors (Lipinski definition) is 3. The number of piperidine rings is 1. The van der Waals surface area contributed by atoms with Crippen molar-refractivity contribution in [3.05, 3.63) is 29.8 Å². The number of likely N-dealkylation sites (tertiary alicyclic amines) is 1. The van der Waals surface area contributed by atoms with Crippen molar-refractivity contribution in [3.63, 3.8) is 0 Å². The summed E-state index contributed by atoms with van der Waals surface area (Å²) in [4.78, 5) is 2.61. The molecule has 118 valence electrons. The molecule has 0 saturated carbocycles. The van der Waals surface area contributed by atoms with Gasteiger partial charge in [0.1, 0.15) is 5.75 Å². The van der Waals surface area contributed by atoms with Crippen molar-refractivity contribution in [2.45, 2.75) is 39.2 Å². The highest BCUT2D eigenvalue weighted by Crippen LogP contribution is 2.23. The summed E-state index contributed by atoms with van der Waals surface area (Å²) in [5.74, 6) is 1.87. The van der Waals surface area contributed by atoms with Gasteiger partial charge in [0.2, 0.25) is 0 Å². The predicted octanol–water partition coefficient (Wildman–Crippen LogP) is 3.47. The van der Waals surface area contributed by atoms with E-state index in [2.05, 4.69) is 48.3 Å². The summed E-state index contributed by atoms with van der Waals surface area (Å²) >= 11 is 0. The van der Waals surface area contributed by atoms with Crippen molar-refractivity contribution in [1.29, 1.82) is 0 Å². The first kappa shape index (κ1) is 16.3. The molecule has 1 N–H and O–H groups in total. The van der Waals surface area contributed by atoms with Crippen LogP contribution in [0.15, 0.2) is 24.3 Å². The minimum absolute atomic E-state index is 0.416. The second kappa shape index (κ2) is 8.40. The molecule has 0 radical (unpaired) electrons. The fourth-order valence-corrected chi connectivity index (χ4v) is 3.21. The van der Waals surface area contributed by atoms with Gasteiger partial charge in [-0.2, -0.15) is 0 Å². The van der Waals surface area contributed by atoms with Gasteiger partial charge in [0.15, 0.2) is 0 Å². The Balaban J connectivity index is 1.95. The third-order valence-electron chi connectivity index (χ3n) is 4.69. The van der Waals surface area contributed by atoms with Gasteiger partial charge in [0.05, 0.1) is 7.11 Å². The Bertz CT molecular complexity index is 396. The van der Waals surface area contributed by atoms with Crippen molar-refractivity contribution < 1.29 is 4.74 Å². The molecule has 3 nitrogen and oxygen atoms in total. The Morgan fingerprint density at radius 1 is 1.19 bits per heavy atom. The normalized spacial score (nSPS) is 18.6. The molecule has 3 heteroatoms. The summed E-state index contributed by atoms with van der Waals surface area (Å²) in [5.41, 5.74) is 1.36. The zero-order chi connectivity index (χ0) is 15.1. The molecule has 0 amide bonds. The molecule has 1 fully saturated rings. The third-order valence-corrected chi connectivity index (χ3v) is 4.69. The number of likely N-dealkylation sites (N-methyl/N-ethyl adjacent to an activating group) is 1. The van der Waals surface area contributed by atoms with Gasteiger partial charge in [0, 0.05) is 12.6 Å². The van der Waals surface area contributed by atoms with E-state index >= 15 is 0 Å². The number of ether oxygens (including phenoxy) is 1. The third kappa shape index (κ3) is 4.72. The van der Waals surface area contributed by atoms with Crippen molar-refractivity contribution in [2.24, 2.45) is 5.92 Å². The highest BCUT2D eigenvalue weighted by atomic mass is 16.5. The van der Waals surface area contributed by atoms with E-state index in [1.54, 1.807) is 7.11 Å². The molecule has 2 rings (SSSR count). The van der Waals surface area contributed by atoms with E-state index < -0.39 is 0 Å². The van der Waals surface area contributed by atoms with Gasteiger partial charge in [0.25, 0.3) is 0 Å². The Labute approximate surface area is 129 Å². The van der Waals surface area contributed by atoms with Crippen LogP contribution >= 0.6 is 0 Å². The maximum absolute atomic E-state index is 5.25. The zero-order valence-electron chi connectivity index (χ0n) is 13.8. The minimum Gasteiger partial charge on any atom is -0.497 e. The fraction of sp³-hybridized carbons (Fsp3) is 0.667. The van der Waals surface area contributed by atoms with Crippen LogP contribution in [0.2, 0.25) is 0 Å². The van der Waals surface area contributed by atoms with E-state index in [1.165, 1.54) is 37.9 Å². The first-order valence-electron chi connectivity index (χ1n) is 8.36. The van der Waals surface area contributed by atoms with E-state index in [4.69, 9.17) is 4.74 Å². The zero-order valence-corrected chi connectivity index (χ0v) is 13.8. The van der Waals surface area contributed by atoms with E-state index in [1.807, 2.05) is 0 Å². The van der Waals surface area contributed by atoms with Gasteiger partial charge < -0.3 is 15.0 Å². The number of hydrogen-bond donors (Lipinski definition) is 1. The van der Waals surface area contributed by atoms with Crippen LogP contribution in [0.3, 0.4) is 0 Å². The molecular formula is C18H30N2O. The molecule has 1 aliphatic rings. The number of benzene rings is 1. The van der Waals surface area contributed by atoms with Crippen molar-refractivity contribution in [1.82, 2.24) is 10.2 Å². The molecule has 1 unspecified atom stereocenters. The second-order valence-electron chi connectivity index (χ2n) is 6.04. The molecule has 0 spiro atoms. The maximum Gasteiger partial charge on any atom is 0.118 e. The summed E-state index contributed by atoms with van der Waals surface area (Å²) in [6, 6.07) is 8.90. The summed E-state index contributed by atoms with van der Waals surface area (Å²) in [7, 11) is 1.72. The van der Waals surface area contributed by atoms with Crippen LogP contribution in [0.4, 0.5) is 0 Å². The number of nitrogens with zero attached hydrogens (tertiary/aromatic N) is 1. The van der Waals surface area contributed by atoms with Gasteiger partial charge in [-0.15, -0.1) is 0 Å². The van der Waals surface area contributed by atoms with Crippen LogP contribution < -0.4 is 10.1 Å². The summed E-state index contributed by atoms with van der Waals surface area (Å²) in [6.45, 7) is 9.10. The summed E-state index contributed by atoms with van der Waals surface area (Å²) in [5, 5.41) is 3.63. The van der Waals surface area contributed by atoms with Crippen LogP contribution in [0.25, 0.3) is 0 Å². The highest BCUT2D eigenvalue weighted by molar-refractivity contribution is 5.29. The average Bonchev–Trinajstić information content (AvgIpc) is 2.55. The van der Waals surface area contributed by atoms with E-state index in [0.29, 0.717) is 6.04 Å². The van der Waals surface area contributed by atoms with Crippen LogP contribution in [0, 0.1) is 5.92 Å². The van der Waals surface area contributed by atoms with Crippen molar-refractivity contribution >= 4 is 0 Å². The monoisotopic (exact) mass is 290 g/mol. The molecule has 1 aliphatic heterocycles. The molecule has 21 heavy (non-hydrogen) atoms. The van der Waals surface area contributed by atoms with Gasteiger partial charge in [-0.05, 0) is 56.1 Å². The molecule has 0 aromatic heterocycles. The lowest BCUT2D eigenvalue weighted by Gasteiger charge is -2.34. The highest BCUT2D eigenvalue weighted by Gasteiger charge is 2.21. The smallest absolute Gasteiger partial charge is 0.118 e. The lowest BCUT2D eigenvalue weighted by atomic mass is 9.94. The number of nitrogens with one attached hydrogen (secondary N) is 1. The van der Waals surface area contributed by atoms with Crippen molar-refractivity contribution in [3.8, 4) is 5.75 Å². The lowest BCUT2D eigenvalue weighted by molar-refractivity contribution is 0.166. The quantitative estimate of drug-likeness (QED) is 0.832. The molecular weight excluding hydrogens is 260 g/mol. The summed E-state index contributed by atoms with van der Waals surface area (Å²) < 4.78 is 5.25. The molecule has 1 atom stereocenters. The standard InChI is InChI=1S/C18H30N2O/c1-4-15-10-12-20(13-11-15)14-18(19-5-2)16-6-8-17(21-3)9-7-16/h6-9,15,18-19H,4-5,10-14H2,1-3H3. The molecule has 1 aromatic rings. The topological polar surface area (TPSA) is 24.5 Å². The Morgan fingerprint density at radius 2 is 1.86 bits per heavy atom. The minimum atomic E-state index is 0.416. The van der Waals surface area contributed by atoms with Crippen LogP contribution in [-0.2, 0) is 0 Å². The number of methoxy groups -OCH3 is 1. The average molecular weight is 290 g/mol. The van der Waals surface area contributed by atoms with E-state index in [-0.39, 0.29) is 0 Å². The maximum atomic E-state index is 5.25. The Hall–Kier alpha value is -1.06. The molecule has 0 aliphatic carbocycles. The van der Waals surface area contributed by atoms with E-state index in [0.717, 1.165) is 24.8 Å².